The second-order valence-corrected chi connectivity index (χ2v) is 6.80. The third kappa shape index (κ3) is 3.85. The molecule has 1 heteroatoms. The van der Waals surface area contributed by atoms with Gasteiger partial charge in [0.1, 0.15) is 0 Å². The van der Waals surface area contributed by atoms with Gasteiger partial charge in [-0.2, -0.15) is 0 Å². The first-order chi connectivity index (χ1) is 9.92. The van der Waals surface area contributed by atoms with Crippen molar-refractivity contribution in [3.05, 3.63) is 35.9 Å². The zero-order valence-corrected chi connectivity index (χ0v) is 12.8. The summed E-state index contributed by atoms with van der Waals surface area (Å²) < 4.78 is 0. The first-order valence-electron chi connectivity index (χ1n) is 8.70. The molecule has 3 rings (SSSR count). The molecule has 1 aromatic carbocycles. The quantitative estimate of drug-likeness (QED) is 0.769. The molecule has 1 nitrogen and oxygen atoms in total. The number of benzene rings is 1. The van der Waals surface area contributed by atoms with Crippen molar-refractivity contribution < 1.29 is 0 Å². The third-order valence-electron chi connectivity index (χ3n) is 5.42. The minimum absolute atomic E-state index is 0.929. The molecule has 1 aliphatic carbocycles. The lowest BCUT2D eigenvalue weighted by molar-refractivity contribution is 0.104. The van der Waals surface area contributed by atoms with E-state index >= 15 is 0 Å². The predicted octanol–water partition coefficient (Wildman–Crippen LogP) is 4.66. The van der Waals surface area contributed by atoms with Gasteiger partial charge in [0, 0.05) is 6.04 Å². The Kier molecular flexibility index (Phi) is 5.13. The number of aryl methyl sites for hydroxylation is 1. The van der Waals surface area contributed by atoms with Gasteiger partial charge in [-0.1, -0.05) is 49.6 Å². The Morgan fingerprint density at radius 1 is 0.850 bits per heavy atom. The molecule has 0 aromatic heterocycles. The van der Waals surface area contributed by atoms with Crippen LogP contribution in [0.1, 0.15) is 56.9 Å². The molecule has 0 unspecified atom stereocenters. The predicted molar refractivity (Wildman–Crippen MR) is 85.9 cm³/mol. The lowest BCUT2D eigenvalue weighted by Gasteiger charge is -2.39. The minimum Gasteiger partial charge on any atom is -0.300 e. The average Bonchev–Trinajstić information content (AvgIpc) is 2.55. The average molecular weight is 271 g/mol. The van der Waals surface area contributed by atoms with Crippen molar-refractivity contribution in [2.75, 3.05) is 13.1 Å². The highest BCUT2D eigenvalue weighted by Gasteiger charge is 2.25. The van der Waals surface area contributed by atoms with Crippen molar-refractivity contribution in [1.29, 1.82) is 0 Å². The summed E-state index contributed by atoms with van der Waals surface area (Å²) in [6.45, 7) is 2.73. The van der Waals surface area contributed by atoms with Crippen LogP contribution < -0.4 is 0 Å². The van der Waals surface area contributed by atoms with E-state index in [4.69, 9.17) is 0 Å². The Labute approximate surface area is 124 Å². The summed E-state index contributed by atoms with van der Waals surface area (Å²) in [4.78, 5) is 2.80. The molecule has 0 bridgehead atoms. The summed E-state index contributed by atoms with van der Waals surface area (Å²) in [6, 6.07) is 11.9. The zero-order valence-electron chi connectivity index (χ0n) is 12.8. The maximum absolute atomic E-state index is 2.80. The molecule has 1 saturated carbocycles. The summed E-state index contributed by atoms with van der Waals surface area (Å²) in [5, 5.41) is 0. The Bertz CT molecular complexity index is 372. The number of nitrogens with zero attached hydrogens (tertiary/aromatic N) is 1. The SMILES string of the molecule is c1ccc(CCC2CCN(C3CCCCC3)CC2)cc1. The number of hydrogen-bond donors (Lipinski definition) is 0. The lowest BCUT2D eigenvalue weighted by Crippen LogP contribution is -2.42. The van der Waals surface area contributed by atoms with Crippen molar-refractivity contribution in [2.45, 2.75) is 63.8 Å². The number of piperidine rings is 1. The highest BCUT2D eigenvalue weighted by atomic mass is 15.2. The minimum atomic E-state index is 0.929. The number of rotatable bonds is 4. The Balaban J connectivity index is 1.40. The number of hydrogen-bond acceptors (Lipinski definition) is 1. The second kappa shape index (κ2) is 7.26. The van der Waals surface area contributed by atoms with E-state index in [-0.39, 0.29) is 0 Å². The normalized spacial score (nSPS) is 23.0. The van der Waals surface area contributed by atoms with Crippen LogP contribution in [0.5, 0.6) is 0 Å². The van der Waals surface area contributed by atoms with Crippen molar-refractivity contribution in [1.82, 2.24) is 4.90 Å². The van der Waals surface area contributed by atoms with Crippen LogP contribution in [0.3, 0.4) is 0 Å². The van der Waals surface area contributed by atoms with Crippen LogP contribution in [0.25, 0.3) is 0 Å². The van der Waals surface area contributed by atoms with Crippen LogP contribution in [0.4, 0.5) is 0 Å². The van der Waals surface area contributed by atoms with E-state index in [1.54, 1.807) is 0 Å². The van der Waals surface area contributed by atoms with Crippen molar-refractivity contribution in [3.8, 4) is 0 Å². The van der Waals surface area contributed by atoms with Gasteiger partial charge in [0.05, 0.1) is 0 Å². The van der Waals surface area contributed by atoms with Gasteiger partial charge in [-0.3, -0.25) is 0 Å². The van der Waals surface area contributed by atoms with E-state index in [2.05, 4.69) is 35.2 Å². The van der Waals surface area contributed by atoms with Gasteiger partial charge in [0.2, 0.25) is 0 Å². The molecule has 1 heterocycles. The van der Waals surface area contributed by atoms with Gasteiger partial charge in [-0.15, -0.1) is 0 Å². The van der Waals surface area contributed by atoms with E-state index < -0.39 is 0 Å². The van der Waals surface area contributed by atoms with Crippen molar-refractivity contribution in [2.24, 2.45) is 5.92 Å². The molecule has 0 amide bonds. The summed E-state index contributed by atoms with van der Waals surface area (Å²) in [7, 11) is 0. The first kappa shape index (κ1) is 14.1. The summed E-state index contributed by atoms with van der Waals surface area (Å²) in [5.41, 5.74) is 1.52. The molecule has 1 aliphatic heterocycles. The lowest BCUT2D eigenvalue weighted by atomic mass is 9.87. The number of likely N-dealkylation sites (tertiary alicyclic amines) is 1. The topological polar surface area (TPSA) is 3.24 Å². The Hall–Kier alpha value is -0.820. The van der Waals surface area contributed by atoms with Crippen LogP contribution in [-0.4, -0.2) is 24.0 Å². The molecule has 0 atom stereocenters. The fourth-order valence-electron chi connectivity index (χ4n) is 4.07. The largest absolute Gasteiger partial charge is 0.300 e. The zero-order chi connectivity index (χ0) is 13.6. The van der Waals surface area contributed by atoms with Crippen molar-refractivity contribution in [3.63, 3.8) is 0 Å². The molecule has 0 radical (unpaired) electrons. The summed E-state index contributed by atoms with van der Waals surface area (Å²) >= 11 is 0. The maximum Gasteiger partial charge on any atom is 0.00952 e. The highest BCUT2D eigenvalue weighted by Crippen LogP contribution is 2.28. The first-order valence-corrected chi connectivity index (χ1v) is 8.70. The molecular weight excluding hydrogens is 242 g/mol. The maximum atomic E-state index is 2.80. The fourth-order valence-corrected chi connectivity index (χ4v) is 4.07. The van der Waals surface area contributed by atoms with Crippen LogP contribution in [0, 0.1) is 5.92 Å². The molecule has 1 aromatic rings. The van der Waals surface area contributed by atoms with Gasteiger partial charge >= 0.3 is 0 Å². The molecular formula is C19H29N. The van der Waals surface area contributed by atoms with Crippen LogP contribution in [0.15, 0.2) is 30.3 Å². The van der Waals surface area contributed by atoms with E-state index in [1.165, 1.54) is 76.4 Å². The molecule has 2 aliphatic rings. The van der Waals surface area contributed by atoms with Crippen molar-refractivity contribution >= 4 is 0 Å². The van der Waals surface area contributed by atoms with Crippen LogP contribution >= 0.6 is 0 Å². The standard InChI is InChI=1S/C19H29N/c1-3-7-17(8-4-1)11-12-18-13-15-20(16-14-18)19-9-5-2-6-10-19/h1,3-4,7-8,18-19H,2,5-6,9-16H2. The molecule has 0 N–H and O–H groups in total. The molecule has 0 spiro atoms. The van der Waals surface area contributed by atoms with Gasteiger partial charge < -0.3 is 4.90 Å². The van der Waals surface area contributed by atoms with E-state index in [1.807, 2.05) is 0 Å². The third-order valence-corrected chi connectivity index (χ3v) is 5.42. The van der Waals surface area contributed by atoms with E-state index in [0.717, 1.165) is 12.0 Å². The fraction of sp³-hybridized carbons (Fsp3) is 0.684. The van der Waals surface area contributed by atoms with E-state index in [0.29, 0.717) is 0 Å². The summed E-state index contributed by atoms with van der Waals surface area (Å²) in [5.74, 6) is 0.968. The second-order valence-electron chi connectivity index (χ2n) is 6.80. The Morgan fingerprint density at radius 3 is 2.25 bits per heavy atom. The molecule has 2 fully saturated rings. The summed E-state index contributed by atoms with van der Waals surface area (Å²) in [6.07, 6.45) is 12.9. The van der Waals surface area contributed by atoms with Crippen LogP contribution in [-0.2, 0) is 6.42 Å². The molecule has 20 heavy (non-hydrogen) atoms. The van der Waals surface area contributed by atoms with E-state index in [9.17, 15) is 0 Å². The molecule has 110 valence electrons. The van der Waals surface area contributed by atoms with Gasteiger partial charge in [-0.05, 0) is 63.1 Å². The highest BCUT2D eigenvalue weighted by molar-refractivity contribution is 5.14. The smallest absolute Gasteiger partial charge is 0.00952 e. The van der Waals surface area contributed by atoms with Gasteiger partial charge in [-0.25, -0.2) is 0 Å². The van der Waals surface area contributed by atoms with Crippen LogP contribution in [0.2, 0.25) is 0 Å². The monoisotopic (exact) mass is 271 g/mol. The Morgan fingerprint density at radius 2 is 1.55 bits per heavy atom. The van der Waals surface area contributed by atoms with Gasteiger partial charge in [0.15, 0.2) is 0 Å². The van der Waals surface area contributed by atoms with Gasteiger partial charge in [0.25, 0.3) is 0 Å². The molecule has 1 saturated heterocycles.